The van der Waals surface area contributed by atoms with Gasteiger partial charge < -0.3 is 62.6 Å². The van der Waals surface area contributed by atoms with Crippen molar-refractivity contribution in [2.24, 2.45) is 11.7 Å². The van der Waals surface area contributed by atoms with Crippen LogP contribution in [0.25, 0.3) is 6.08 Å². The highest BCUT2D eigenvalue weighted by atomic mass is 16.5. The summed E-state index contributed by atoms with van der Waals surface area (Å²) in [7, 11) is 1.23. The minimum absolute atomic E-state index is 0.000417. The molecule has 1 fully saturated rings. The molecule has 2 aromatic rings. The number of aliphatic hydroxyl groups excluding tert-OH is 2. The molecule has 0 bridgehead atoms. The van der Waals surface area contributed by atoms with Crippen molar-refractivity contribution in [2.45, 2.75) is 205 Å². The van der Waals surface area contributed by atoms with Crippen LogP contribution in [0.2, 0.25) is 0 Å². The Kier molecular flexibility index (Phi) is 29.9. The van der Waals surface area contributed by atoms with Crippen LogP contribution in [0.5, 0.6) is 5.75 Å². The molecule has 3 rings (SSSR count). The van der Waals surface area contributed by atoms with Gasteiger partial charge in [-0.2, -0.15) is 0 Å². The second-order valence-corrected chi connectivity index (χ2v) is 21.0. The second kappa shape index (κ2) is 35.6. The molecule has 21 nitrogen and oxygen atoms in total. The Morgan fingerprint density at radius 3 is 1.75 bits per heavy atom. The van der Waals surface area contributed by atoms with E-state index in [1.54, 1.807) is 44.2 Å². The summed E-state index contributed by atoms with van der Waals surface area (Å²) < 4.78 is 5.66. The van der Waals surface area contributed by atoms with Crippen LogP contribution >= 0.6 is 0 Å². The highest BCUT2D eigenvalue weighted by Gasteiger charge is 2.39. The highest BCUT2D eigenvalue weighted by Crippen LogP contribution is 2.20. The van der Waals surface area contributed by atoms with Crippen LogP contribution in [0.15, 0.2) is 60.3 Å². The maximum Gasteiger partial charge on any atom is 0.331 e. The Morgan fingerprint density at radius 2 is 1.22 bits per heavy atom. The van der Waals surface area contributed by atoms with Gasteiger partial charge in [0.1, 0.15) is 47.8 Å². The van der Waals surface area contributed by atoms with E-state index in [1.165, 1.54) is 102 Å². The van der Waals surface area contributed by atoms with Crippen LogP contribution in [0.1, 0.15) is 161 Å². The third kappa shape index (κ3) is 24.4. The van der Waals surface area contributed by atoms with E-state index in [1.807, 2.05) is 0 Å². The summed E-state index contributed by atoms with van der Waals surface area (Å²) in [5.41, 5.74) is 5.95. The zero-order chi connectivity index (χ0) is 58.4. The van der Waals surface area contributed by atoms with Gasteiger partial charge in [-0.15, -0.1) is 0 Å². The van der Waals surface area contributed by atoms with E-state index in [0.29, 0.717) is 17.5 Å². The lowest BCUT2D eigenvalue weighted by Crippen LogP contribution is -2.62. The molecule has 8 atom stereocenters. The highest BCUT2D eigenvalue weighted by molar-refractivity contribution is 6.05. The molecule has 0 unspecified atom stereocenters. The molecular weight excluding hydrogens is 1020 g/mol. The molecule has 0 saturated carbocycles. The Hall–Kier alpha value is -6.87. The number of nitrogens with one attached hydrogen (secondary N) is 6. The lowest BCUT2D eigenvalue weighted by Gasteiger charge is -2.31. The third-order valence-corrected chi connectivity index (χ3v) is 13.6. The van der Waals surface area contributed by atoms with Gasteiger partial charge in [0.15, 0.2) is 6.04 Å². The maximum atomic E-state index is 14.9. The van der Waals surface area contributed by atoms with Crippen LogP contribution in [0, 0.1) is 5.92 Å². The number of esters is 1. The van der Waals surface area contributed by atoms with Crippen molar-refractivity contribution in [3.63, 3.8) is 0 Å². The largest absolute Gasteiger partial charge is 0.508 e. The number of phenolic OH excluding ortho intramolecular Hbond substituents is 1. The second-order valence-electron chi connectivity index (χ2n) is 21.0. The number of ether oxygens (including phenoxy) is 1. The average Bonchev–Trinajstić information content (AvgIpc) is 3.41. The van der Waals surface area contributed by atoms with Crippen LogP contribution in [0.4, 0.5) is 0 Å². The van der Waals surface area contributed by atoms with E-state index in [-0.39, 0.29) is 36.6 Å². The molecule has 438 valence electrons. The number of primary amides is 1. The van der Waals surface area contributed by atoms with Crippen LogP contribution in [-0.2, 0) is 54.3 Å². The first kappa shape index (κ1) is 66.4. The van der Waals surface area contributed by atoms with E-state index in [4.69, 9.17) is 10.5 Å². The van der Waals surface area contributed by atoms with Gasteiger partial charge in [-0.3, -0.25) is 38.4 Å². The molecule has 8 amide bonds. The molecule has 1 saturated heterocycles. The number of amides is 8. The Balaban J connectivity index is 2.05. The molecule has 1 heterocycles. The SMILES string of the molecule is CCCCCCCCCCCCCCCCCC(=O)N[C@@H]1C(=O)N(C)/C(=C/c2ccc(O)cc2)C(=O)N[C@@H](CC(C)C)C(=O)N[C@H](Cc2ccccc2)C(=O)N[C@@H]([C@H](C)O)C(=O)N[C@@H](CC(N)=O)C(=O)N[C@@H](CO)C(=O)O[C@@H]1C. The van der Waals surface area contributed by atoms with Gasteiger partial charge >= 0.3 is 5.97 Å². The molecule has 1 aliphatic heterocycles. The normalized spacial score (nSPS) is 22.3. The quantitative estimate of drug-likeness (QED) is 0.0364. The minimum atomic E-state index is -1.90. The fourth-order valence-electron chi connectivity index (χ4n) is 9.04. The molecule has 0 spiro atoms. The summed E-state index contributed by atoms with van der Waals surface area (Å²) in [5, 5.41) is 46.2. The lowest BCUT2D eigenvalue weighted by molar-refractivity contribution is -0.158. The number of aromatic hydroxyl groups is 1. The van der Waals surface area contributed by atoms with Gasteiger partial charge in [-0.25, -0.2) is 4.79 Å². The molecule has 21 heteroatoms. The summed E-state index contributed by atoms with van der Waals surface area (Å²) >= 11 is 0. The number of carbonyl (C=O) groups excluding carboxylic acids is 9. The van der Waals surface area contributed by atoms with Crippen LogP contribution in [-0.4, -0.2) is 136 Å². The molecule has 79 heavy (non-hydrogen) atoms. The number of rotatable bonds is 26. The van der Waals surface area contributed by atoms with Crippen molar-refractivity contribution >= 4 is 59.3 Å². The molecular formula is C58H88N8O13. The lowest BCUT2D eigenvalue weighted by atomic mass is 10.00. The first-order valence-electron chi connectivity index (χ1n) is 28.1. The number of hydrogen-bond acceptors (Lipinski definition) is 13. The predicted octanol–water partition coefficient (Wildman–Crippen LogP) is 3.84. The maximum absolute atomic E-state index is 14.9. The van der Waals surface area contributed by atoms with E-state index >= 15 is 0 Å². The van der Waals surface area contributed by atoms with Gasteiger partial charge in [-0.05, 0) is 61.9 Å². The van der Waals surface area contributed by atoms with Crippen LogP contribution in [0.3, 0.4) is 0 Å². The standard InChI is InChI=1S/C58H88N8O13/c1-7-8-9-10-11-12-13-14-15-16-17-18-19-20-24-27-49(71)64-51-39(5)79-58(78)46(36-67)63-53(73)45(35-48(59)70)62-56(76)50(38(4)68)65-54(74)44(33-40-25-22-21-23-26-40)60-52(72)43(32-37(2)3)61-55(75)47(66(6)57(51)77)34-41-28-30-42(69)31-29-41/h21-23,25-26,28-31,34,37-39,43-46,50-51,67-69H,7-20,24,27,32-33,35-36H2,1-6H3,(H2,59,70)(H,60,72)(H,61,75)(H,62,76)(H,63,73)(H,64,71)(H,65,74)/b47-34+/t38-,39+,43-,44+,45-,46-,50-,51-/m0/s1. The van der Waals surface area contributed by atoms with E-state index < -0.39 is 115 Å². The van der Waals surface area contributed by atoms with Gasteiger partial charge in [0.25, 0.3) is 11.8 Å². The zero-order valence-electron chi connectivity index (χ0n) is 47.1. The monoisotopic (exact) mass is 1100 g/mol. The molecule has 0 aromatic heterocycles. The van der Waals surface area contributed by atoms with Crippen molar-refractivity contribution in [1.82, 2.24) is 36.8 Å². The number of nitrogens with zero attached hydrogens (tertiary/aromatic N) is 1. The number of hydrogen-bond donors (Lipinski definition) is 10. The molecule has 2 aromatic carbocycles. The van der Waals surface area contributed by atoms with Crippen molar-refractivity contribution in [3.05, 3.63) is 71.4 Å². The van der Waals surface area contributed by atoms with Crippen molar-refractivity contribution in [1.29, 1.82) is 0 Å². The average molecular weight is 1110 g/mol. The Labute approximate surface area is 465 Å². The minimum Gasteiger partial charge on any atom is -0.508 e. The zero-order valence-corrected chi connectivity index (χ0v) is 47.1. The number of nitrogens with two attached hydrogens (primary N) is 1. The Morgan fingerprint density at radius 1 is 0.696 bits per heavy atom. The Bertz CT molecular complexity index is 2310. The van der Waals surface area contributed by atoms with Crippen LogP contribution < -0.4 is 37.6 Å². The van der Waals surface area contributed by atoms with Crippen molar-refractivity contribution in [2.75, 3.05) is 13.7 Å². The summed E-state index contributed by atoms with van der Waals surface area (Å²) in [5.74, 6) is -9.52. The first-order chi connectivity index (χ1) is 37.6. The summed E-state index contributed by atoms with van der Waals surface area (Å²) in [4.78, 5) is 127. The number of carbonyl (C=O) groups is 9. The summed E-state index contributed by atoms with van der Waals surface area (Å²) in [6.45, 7) is 7.12. The number of aliphatic hydroxyl groups is 2. The van der Waals surface area contributed by atoms with Gasteiger partial charge in [0.05, 0.1) is 19.1 Å². The number of unbranched alkanes of at least 4 members (excludes halogenated alkanes) is 14. The summed E-state index contributed by atoms with van der Waals surface area (Å²) in [6.07, 6.45) is 13.8. The predicted molar refractivity (Wildman–Crippen MR) is 298 cm³/mol. The number of benzene rings is 2. The fraction of sp³-hybridized carbons (Fsp3) is 0.603. The fourth-order valence-corrected chi connectivity index (χ4v) is 9.04. The summed E-state index contributed by atoms with van der Waals surface area (Å²) in [6, 6.07) is 3.97. The molecule has 0 radical (unpaired) electrons. The van der Waals surface area contributed by atoms with Gasteiger partial charge in [0.2, 0.25) is 35.4 Å². The topological polar surface area (TPSA) is 325 Å². The number of phenols is 1. The molecule has 11 N–H and O–H groups in total. The van der Waals surface area contributed by atoms with Crippen molar-refractivity contribution in [3.8, 4) is 5.75 Å². The van der Waals surface area contributed by atoms with E-state index in [0.717, 1.165) is 43.9 Å². The van der Waals surface area contributed by atoms with Crippen molar-refractivity contribution < 1.29 is 63.2 Å². The molecule has 0 aliphatic carbocycles. The molecule has 1 aliphatic rings. The number of likely N-dealkylation sites (N-methyl/N-ethyl adjacent to an activating group) is 1. The van der Waals surface area contributed by atoms with Gasteiger partial charge in [-0.1, -0.05) is 153 Å². The number of cyclic esters (lactones) is 1. The first-order valence-corrected chi connectivity index (χ1v) is 28.1. The van der Waals surface area contributed by atoms with E-state index in [9.17, 15) is 58.5 Å². The third-order valence-electron chi connectivity index (χ3n) is 13.6. The smallest absolute Gasteiger partial charge is 0.331 e. The van der Waals surface area contributed by atoms with E-state index in [2.05, 4.69) is 38.8 Å². The van der Waals surface area contributed by atoms with Gasteiger partial charge in [0, 0.05) is 19.9 Å².